The monoisotopic (exact) mass is 272 g/mol. The minimum absolute atomic E-state index is 0.0540. The zero-order chi connectivity index (χ0) is 14.8. The first kappa shape index (κ1) is 15.6. The van der Waals surface area contributed by atoms with Crippen LogP contribution in [0.2, 0.25) is 0 Å². The van der Waals surface area contributed by atoms with Gasteiger partial charge in [0.15, 0.2) is 0 Å². The van der Waals surface area contributed by atoms with Gasteiger partial charge in [-0.2, -0.15) is 5.26 Å². The molecule has 0 aromatic heterocycles. The van der Waals surface area contributed by atoms with E-state index in [1.54, 1.807) is 24.3 Å². The number of hydrogen-bond donors (Lipinski definition) is 3. The van der Waals surface area contributed by atoms with Crippen LogP contribution in [0, 0.1) is 11.3 Å². The van der Waals surface area contributed by atoms with Crippen molar-refractivity contribution in [1.29, 1.82) is 5.26 Å². The number of benzene rings is 1. The highest BCUT2D eigenvalue weighted by atomic mass is 16.1. The van der Waals surface area contributed by atoms with Crippen molar-refractivity contribution < 1.29 is 4.79 Å². The summed E-state index contributed by atoms with van der Waals surface area (Å²) in [5, 5.41) is 14.6. The van der Waals surface area contributed by atoms with E-state index < -0.39 is 5.91 Å². The van der Waals surface area contributed by atoms with Crippen LogP contribution in [0.4, 0.5) is 11.4 Å². The van der Waals surface area contributed by atoms with E-state index in [0.29, 0.717) is 11.4 Å². The third-order valence-electron chi connectivity index (χ3n) is 2.70. The number of amides is 1. The molecule has 1 rings (SSSR count). The largest absolute Gasteiger partial charge is 0.399 e. The summed E-state index contributed by atoms with van der Waals surface area (Å²) in [5.74, 6) is -0.430. The van der Waals surface area contributed by atoms with Crippen LogP contribution in [0.25, 0.3) is 0 Å². The highest BCUT2D eigenvalue weighted by Gasteiger charge is 2.08. The number of nitrogens with zero attached hydrogens (tertiary/aromatic N) is 1. The van der Waals surface area contributed by atoms with Crippen molar-refractivity contribution in [2.45, 2.75) is 26.2 Å². The van der Waals surface area contributed by atoms with Gasteiger partial charge < -0.3 is 16.4 Å². The number of carbonyl (C=O) groups is 1. The molecule has 1 aromatic carbocycles. The Morgan fingerprint density at radius 3 is 2.65 bits per heavy atom. The average Bonchev–Trinajstić information content (AvgIpc) is 2.45. The number of nitriles is 1. The van der Waals surface area contributed by atoms with Crippen molar-refractivity contribution in [3.8, 4) is 6.07 Å². The van der Waals surface area contributed by atoms with E-state index in [2.05, 4.69) is 17.6 Å². The standard InChI is InChI=1S/C15H20N4O/c1-2-3-4-9-18-11-12(10-16)15(20)19-14-7-5-13(17)6-8-14/h5-8,11,18H,2-4,9,17H2,1H3,(H,19,20)/b12-11-. The summed E-state index contributed by atoms with van der Waals surface area (Å²) < 4.78 is 0. The number of nitrogens with two attached hydrogens (primary N) is 1. The van der Waals surface area contributed by atoms with E-state index >= 15 is 0 Å². The van der Waals surface area contributed by atoms with E-state index in [4.69, 9.17) is 11.0 Å². The molecule has 1 amide bonds. The second-order valence-electron chi connectivity index (χ2n) is 4.41. The van der Waals surface area contributed by atoms with Gasteiger partial charge in [0.05, 0.1) is 0 Å². The summed E-state index contributed by atoms with van der Waals surface area (Å²) in [6, 6.07) is 8.65. The molecule has 0 aliphatic carbocycles. The lowest BCUT2D eigenvalue weighted by molar-refractivity contribution is -0.112. The molecule has 4 N–H and O–H groups in total. The first-order chi connectivity index (χ1) is 9.67. The molecule has 5 heteroatoms. The van der Waals surface area contributed by atoms with Gasteiger partial charge in [-0.05, 0) is 30.7 Å². The molecule has 0 bridgehead atoms. The number of hydrogen-bond acceptors (Lipinski definition) is 4. The molecule has 1 aromatic rings. The van der Waals surface area contributed by atoms with Crippen LogP contribution in [0.15, 0.2) is 36.0 Å². The van der Waals surface area contributed by atoms with Crippen molar-refractivity contribution in [3.05, 3.63) is 36.0 Å². The first-order valence-electron chi connectivity index (χ1n) is 6.68. The molecule has 0 saturated heterocycles. The van der Waals surface area contributed by atoms with Crippen molar-refractivity contribution in [2.75, 3.05) is 17.6 Å². The Balaban J connectivity index is 2.52. The topological polar surface area (TPSA) is 90.9 Å². The lowest BCUT2D eigenvalue weighted by Gasteiger charge is -2.05. The van der Waals surface area contributed by atoms with Crippen LogP contribution in [0.1, 0.15) is 26.2 Å². The minimum atomic E-state index is -0.430. The Kier molecular flexibility index (Phi) is 6.69. The highest BCUT2D eigenvalue weighted by Crippen LogP contribution is 2.11. The smallest absolute Gasteiger partial charge is 0.267 e. The summed E-state index contributed by atoms with van der Waals surface area (Å²) in [6.07, 6.45) is 4.74. The fourth-order valence-electron chi connectivity index (χ4n) is 1.56. The number of rotatable bonds is 7. The molecule has 106 valence electrons. The van der Waals surface area contributed by atoms with Gasteiger partial charge in [-0.15, -0.1) is 0 Å². The molecule has 0 aliphatic heterocycles. The lowest BCUT2D eigenvalue weighted by Crippen LogP contribution is -2.17. The molecular formula is C15H20N4O. The van der Waals surface area contributed by atoms with Gasteiger partial charge in [0, 0.05) is 24.1 Å². The van der Waals surface area contributed by atoms with Gasteiger partial charge in [-0.3, -0.25) is 4.79 Å². The molecule has 5 nitrogen and oxygen atoms in total. The first-order valence-corrected chi connectivity index (χ1v) is 6.68. The molecule has 20 heavy (non-hydrogen) atoms. The van der Waals surface area contributed by atoms with Crippen molar-refractivity contribution in [1.82, 2.24) is 5.32 Å². The van der Waals surface area contributed by atoms with Gasteiger partial charge in [0.25, 0.3) is 5.91 Å². The zero-order valence-corrected chi connectivity index (χ0v) is 11.6. The lowest BCUT2D eigenvalue weighted by atomic mass is 10.2. The Morgan fingerprint density at radius 1 is 1.35 bits per heavy atom. The molecule has 0 atom stereocenters. The predicted octanol–water partition coefficient (Wildman–Crippen LogP) is 2.39. The van der Waals surface area contributed by atoms with Gasteiger partial charge in [0.1, 0.15) is 11.6 Å². The highest BCUT2D eigenvalue weighted by molar-refractivity contribution is 6.06. The van der Waals surface area contributed by atoms with Crippen molar-refractivity contribution in [3.63, 3.8) is 0 Å². The summed E-state index contributed by atoms with van der Waals surface area (Å²) in [4.78, 5) is 11.9. The van der Waals surface area contributed by atoms with Crippen LogP contribution >= 0.6 is 0 Å². The maximum absolute atomic E-state index is 11.9. The van der Waals surface area contributed by atoms with Gasteiger partial charge in [-0.25, -0.2) is 0 Å². The Labute approximate surface area is 119 Å². The summed E-state index contributed by atoms with van der Waals surface area (Å²) >= 11 is 0. The number of nitrogens with one attached hydrogen (secondary N) is 2. The van der Waals surface area contributed by atoms with Crippen LogP contribution in [-0.2, 0) is 4.79 Å². The second kappa shape index (κ2) is 8.59. The maximum atomic E-state index is 11.9. The fourth-order valence-corrected chi connectivity index (χ4v) is 1.56. The van der Waals surface area contributed by atoms with Crippen LogP contribution in [0.5, 0.6) is 0 Å². The third kappa shape index (κ3) is 5.44. The Morgan fingerprint density at radius 2 is 2.05 bits per heavy atom. The summed E-state index contributed by atoms with van der Waals surface area (Å²) in [6.45, 7) is 2.88. The molecular weight excluding hydrogens is 252 g/mol. The van der Waals surface area contributed by atoms with Gasteiger partial charge >= 0.3 is 0 Å². The molecule has 0 unspecified atom stereocenters. The Bertz CT molecular complexity index is 500. The SMILES string of the molecule is CCCCCN/C=C(/C#N)C(=O)Nc1ccc(N)cc1. The zero-order valence-electron chi connectivity index (χ0n) is 11.6. The maximum Gasteiger partial charge on any atom is 0.267 e. The van der Waals surface area contributed by atoms with Crippen LogP contribution < -0.4 is 16.4 Å². The summed E-state index contributed by atoms with van der Waals surface area (Å²) in [7, 11) is 0. The van der Waals surface area contributed by atoms with E-state index in [1.165, 1.54) is 6.20 Å². The molecule has 0 saturated carbocycles. The fraction of sp³-hybridized carbons (Fsp3) is 0.333. The van der Waals surface area contributed by atoms with Gasteiger partial charge in [0.2, 0.25) is 0 Å². The number of unbranched alkanes of at least 4 members (excludes halogenated alkanes) is 2. The van der Waals surface area contributed by atoms with E-state index in [0.717, 1.165) is 25.8 Å². The molecule has 0 radical (unpaired) electrons. The molecule has 0 fully saturated rings. The molecule has 0 heterocycles. The second-order valence-corrected chi connectivity index (χ2v) is 4.41. The number of carbonyl (C=O) groups excluding carboxylic acids is 1. The number of nitrogen functional groups attached to an aromatic ring is 1. The average molecular weight is 272 g/mol. The van der Waals surface area contributed by atoms with Crippen molar-refractivity contribution in [2.24, 2.45) is 0 Å². The normalized spacial score (nSPS) is 10.7. The molecule has 0 spiro atoms. The third-order valence-corrected chi connectivity index (χ3v) is 2.70. The summed E-state index contributed by atoms with van der Waals surface area (Å²) in [5.41, 5.74) is 6.85. The van der Waals surface area contributed by atoms with Crippen molar-refractivity contribution >= 4 is 17.3 Å². The number of anilines is 2. The Hall–Kier alpha value is -2.48. The van der Waals surface area contributed by atoms with Gasteiger partial charge in [-0.1, -0.05) is 19.8 Å². The quantitative estimate of drug-likeness (QED) is 0.307. The van der Waals surface area contributed by atoms with Crippen LogP contribution in [0.3, 0.4) is 0 Å². The van der Waals surface area contributed by atoms with Crippen LogP contribution in [-0.4, -0.2) is 12.5 Å². The minimum Gasteiger partial charge on any atom is -0.399 e. The van der Waals surface area contributed by atoms with E-state index in [-0.39, 0.29) is 5.57 Å². The van der Waals surface area contributed by atoms with E-state index in [9.17, 15) is 4.79 Å². The predicted molar refractivity (Wildman–Crippen MR) is 80.7 cm³/mol. The van der Waals surface area contributed by atoms with E-state index in [1.807, 2.05) is 6.07 Å². The molecule has 0 aliphatic rings.